The van der Waals surface area contributed by atoms with E-state index in [0.717, 1.165) is 30.2 Å². The quantitative estimate of drug-likeness (QED) is 0.419. The summed E-state index contributed by atoms with van der Waals surface area (Å²) >= 11 is 0.986. The number of fused-ring (bicyclic) bond motifs is 5. The molecule has 0 radical (unpaired) electrons. The molecule has 39 heavy (non-hydrogen) atoms. The van der Waals surface area contributed by atoms with E-state index in [1.165, 1.54) is 12.3 Å². The summed E-state index contributed by atoms with van der Waals surface area (Å²) in [7, 11) is 0. The number of allylic oxidation sites excluding steroid dienone is 4. The normalized spacial score (nSPS) is 40.5. The van der Waals surface area contributed by atoms with Crippen LogP contribution < -0.4 is 0 Å². The molecule has 0 aliphatic heterocycles. The summed E-state index contributed by atoms with van der Waals surface area (Å²) in [6, 6.07) is 3.11. The van der Waals surface area contributed by atoms with Crippen molar-refractivity contribution in [1.82, 2.24) is 0 Å². The minimum Gasteiger partial charge on any atom is -0.457 e. The topological polar surface area (TPSA) is 114 Å². The van der Waals surface area contributed by atoms with Crippen LogP contribution in [0.5, 0.6) is 0 Å². The van der Waals surface area contributed by atoms with Gasteiger partial charge in [0, 0.05) is 22.2 Å². The maximum Gasteiger partial charge on any atom is 0.375 e. The van der Waals surface area contributed by atoms with Crippen LogP contribution in [0.2, 0.25) is 0 Å². The van der Waals surface area contributed by atoms with Gasteiger partial charge in [-0.2, -0.15) is 0 Å². The van der Waals surface area contributed by atoms with Gasteiger partial charge in [-0.05, 0) is 61.8 Å². The van der Waals surface area contributed by atoms with Gasteiger partial charge >= 0.3 is 5.97 Å². The molecule has 4 aliphatic carbocycles. The molecule has 0 bridgehead atoms. The Kier molecular flexibility index (Phi) is 7.02. The Morgan fingerprint density at radius 1 is 1.23 bits per heavy atom. The van der Waals surface area contributed by atoms with Gasteiger partial charge in [0.2, 0.25) is 10.9 Å². The number of rotatable bonds is 4. The largest absolute Gasteiger partial charge is 0.457 e. The van der Waals surface area contributed by atoms with Crippen molar-refractivity contribution >= 4 is 28.6 Å². The molecule has 0 spiro atoms. The zero-order valence-corrected chi connectivity index (χ0v) is 23.7. The highest BCUT2D eigenvalue weighted by molar-refractivity contribution is 8.14. The van der Waals surface area contributed by atoms with Gasteiger partial charge in [0.1, 0.15) is 6.61 Å². The third kappa shape index (κ3) is 3.84. The summed E-state index contributed by atoms with van der Waals surface area (Å²) in [5, 5.41) is 20.8. The molecular formula is C31H36O7S. The molecule has 8 atom stereocenters. The zero-order chi connectivity index (χ0) is 28.2. The average molecular weight is 553 g/mol. The lowest BCUT2D eigenvalue weighted by molar-refractivity contribution is -0.205. The molecule has 3 saturated carbocycles. The monoisotopic (exact) mass is 552 g/mol. The van der Waals surface area contributed by atoms with E-state index in [-0.39, 0.29) is 53.2 Å². The second-order valence-electron chi connectivity index (χ2n) is 12.1. The first-order chi connectivity index (χ1) is 18.5. The molecule has 1 heterocycles. The van der Waals surface area contributed by atoms with Crippen molar-refractivity contribution in [2.45, 2.75) is 65.1 Å². The van der Waals surface area contributed by atoms with Crippen LogP contribution in [-0.2, 0) is 14.3 Å². The van der Waals surface area contributed by atoms with Crippen molar-refractivity contribution in [3.8, 4) is 11.8 Å². The second kappa shape index (κ2) is 9.79. The third-order valence-electron chi connectivity index (χ3n) is 10.7. The number of aliphatic hydroxyl groups excluding tert-OH is 2. The number of carbonyl (C=O) groups is 3. The van der Waals surface area contributed by atoms with E-state index < -0.39 is 33.9 Å². The summed E-state index contributed by atoms with van der Waals surface area (Å²) in [5.41, 5.74) is -2.37. The van der Waals surface area contributed by atoms with Crippen molar-refractivity contribution in [3.05, 3.63) is 48.0 Å². The van der Waals surface area contributed by atoms with Gasteiger partial charge < -0.3 is 19.4 Å². The Morgan fingerprint density at radius 2 is 2.00 bits per heavy atom. The van der Waals surface area contributed by atoms with E-state index in [9.17, 15) is 19.5 Å². The van der Waals surface area contributed by atoms with Crippen LogP contribution in [0.3, 0.4) is 0 Å². The fourth-order valence-electron chi connectivity index (χ4n) is 8.56. The molecule has 7 nitrogen and oxygen atoms in total. The van der Waals surface area contributed by atoms with Crippen LogP contribution in [0, 0.1) is 45.8 Å². The van der Waals surface area contributed by atoms with Gasteiger partial charge in [0.25, 0.3) is 0 Å². The van der Waals surface area contributed by atoms with Crippen LogP contribution in [0.4, 0.5) is 0 Å². The highest BCUT2D eigenvalue weighted by Crippen LogP contribution is 2.73. The van der Waals surface area contributed by atoms with Crippen LogP contribution in [-0.4, -0.2) is 51.1 Å². The van der Waals surface area contributed by atoms with Crippen LogP contribution in [0.25, 0.3) is 0 Å². The van der Waals surface area contributed by atoms with Crippen molar-refractivity contribution in [2.24, 2.45) is 34.0 Å². The number of carbonyl (C=O) groups excluding carboxylic acids is 3. The molecule has 3 fully saturated rings. The average Bonchev–Trinajstić information content (AvgIpc) is 3.50. The Bertz CT molecular complexity index is 1300. The van der Waals surface area contributed by atoms with Crippen LogP contribution in [0.15, 0.2) is 46.6 Å². The Labute approximate surface area is 233 Å². The van der Waals surface area contributed by atoms with Gasteiger partial charge in [0.15, 0.2) is 11.4 Å². The molecule has 0 saturated heterocycles. The van der Waals surface area contributed by atoms with Crippen molar-refractivity contribution < 1.29 is 33.8 Å². The molecule has 2 unspecified atom stereocenters. The number of ketones is 1. The molecule has 8 heteroatoms. The first kappa shape index (κ1) is 27.9. The lowest BCUT2D eigenvalue weighted by atomic mass is 9.40. The molecular weight excluding hydrogens is 516 g/mol. The van der Waals surface area contributed by atoms with Crippen molar-refractivity contribution in [1.29, 1.82) is 0 Å². The maximum absolute atomic E-state index is 14.2. The lowest BCUT2D eigenvalue weighted by Gasteiger charge is -2.65. The predicted octanol–water partition coefficient (Wildman–Crippen LogP) is 4.35. The molecule has 208 valence electrons. The molecule has 5 rings (SSSR count). The first-order valence-corrected chi connectivity index (χ1v) is 14.6. The third-order valence-corrected chi connectivity index (χ3v) is 11.6. The summed E-state index contributed by atoms with van der Waals surface area (Å²) < 4.78 is 11.6. The fraction of sp³-hybridized carbons (Fsp3) is 0.581. The first-order valence-electron chi connectivity index (χ1n) is 13.6. The van der Waals surface area contributed by atoms with Gasteiger partial charge in [-0.1, -0.05) is 62.9 Å². The SMILES string of the molecule is C[C@@H]1CC2C3CCC4=CC(=O)C=C[C@]4(C)[C@@]3(C)[C@@H](O)C[C@]2(C)[C@@]1(OC(=O)c1ccco1)C(=O)SCC#CCO. The lowest BCUT2D eigenvalue weighted by Crippen LogP contribution is -2.67. The van der Waals surface area contributed by atoms with E-state index in [1.54, 1.807) is 18.2 Å². The van der Waals surface area contributed by atoms with Crippen LogP contribution in [0.1, 0.15) is 63.9 Å². The molecule has 1 aromatic heterocycles. The summed E-state index contributed by atoms with van der Waals surface area (Å²) in [6.07, 6.45) is 8.30. The summed E-state index contributed by atoms with van der Waals surface area (Å²) in [6.45, 7) is 7.88. The standard InChI is InChI=1S/C31H36O7S/c1-19-16-23-22-10-9-20-17-21(33)11-12-28(20,2)30(22,4)25(34)18-29(23,3)31(19,27(36)39-15-6-5-13-32)38-26(35)24-8-7-14-37-24/h7-8,11-12,14,17,19,22-23,25,32,34H,9-10,13,15-16,18H2,1-4H3/t19-,22?,23?,25+,28+,29+,30-,31+/m1/s1. The summed E-state index contributed by atoms with van der Waals surface area (Å²) in [5.74, 6) is 4.49. The Morgan fingerprint density at radius 3 is 2.69 bits per heavy atom. The molecule has 2 N–H and O–H groups in total. The fourth-order valence-corrected chi connectivity index (χ4v) is 9.56. The Balaban J connectivity index is 1.59. The minimum atomic E-state index is -1.51. The molecule has 0 amide bonds. The number of hydrogen-bond acceptors (Lipinski definition) is 8. The van der Waals surface area contributed by atoms with E-state index in [1.807, 2.05) is 19.9 Å². The van der Waals surface area contributed by atoms with Gasteiger partial charge in [-0.15, -0.1) is 0 Å². The zero-order valence-electron chi connectivity index (χ0n) is 22.9. The van der Waals surface area contributed by atoms with Crippen molar-refractivity contribution in [2.75, 3.05) is 12.4 Å². The molecule has 4 aliphatic rings. The van der Waals surface area contributed by atoms with E-state index in [2.05, 4.69) is 25.7 Å². The summed E-state index contributed by atoms with van der Waals surface area (Å²) in [4.78, 5) is 39.7. The highest BCUT2D eigenvalue weighted by atomic mass is 32.2. The number of aliphatic hydroxyl groups is 2. The minimum absolute atomic E-state index is 0.0113. The van der Waals surface area contributed by atoms with Gasteiger partial charge in [0.05, 0.1) is 18.1 Å². The highest BCUT2D eigenvalue weighted by Gasteiger charge is 2.75. The number of ether oxygens (including phenoxy) is 1. The molecule has 0 aromatic carbocycles. The van der Waals surface area contributed by atoms with E-state index >= 15 is 0 Å². The second-order valence-corrected chi connectivity index (χ2v) is 13.1. The number of esters is 1. The smallest absolute Gasteiger partial charge is 0.375 e. The van der Waals surface area contributed by atoms with Gasteiger partial charge in [-0.25, -0.2) is 4.79 Å². The van der Waals surface area contributed by atoms with Gasteiger partial charge in [-0.3, -0.25) is 9.59 Å². The predicted molar refractivity (Wildman–Crippen MR) is 146 cm³/mol. The van der Waals surface area contributed by atoms with E-state index in [0.29, 0.717) is 6.42 Å². The maximum atomic E-state index is 14.2. The molecule has 1 aromatic rings. The van der Waals surface area contributed by atoms with Crippen molar-refractivity contribution in [3.63, 3.8) is 0 Å². The van der Waals surface area contributed by atoms with Crippen LogP contribution >= 0.6 is 11.8 Å². The Hall–Kier alpha value is -2.60. The van der Waals surface area contributed by atoms with E-state index in [4.69, 9.17) is 14.3 Å². The number of hydrogen-bond donors (Lipinski definition) is 2. The number of furan rings is 1. The number of thioether (sulfide) groups is 1.